The van der Waals surface area contributed by atoms with Gasteiger partial charge in [-0.3, -0.25) is 10.1 Å². The van der Waals surface area contributed by atoms with E-state index < -0.39 is 24.5 Å². The topological polar surface area (TPSA) is 97.4 Å². The molecule has 3 amide bonds. The average molecular weight is 263 g/mol. The number of pyridine rings is 1. The van der Waals surface area contributed by atoms with Gasteiger partial charge in [0.15, 0.2) is 6.61 Å². The second kappa shape index (κ2) is 7.59. The summed E-state index contributed by atoms with van der Waals surface area (Å²) in [5, 5.41) is 4.33. The van der Waals surface area contributed by atoms with Crippen LogP contribution in [-0.4, -0.2) is 36.0 Å². The largest absolute Gasteiger partial charge is 0.451 e. The number of nitrogens with zero attached hydrogens (tertiary/aromatic N) is 1. The summed E-state index contributed by atoms with van der Waals surface area (Å²) >= 11 is 0. The van der Waals surface area contributed by atoms with Gasteiger partial charge in [-0.15, -0.1) is 6.58 Å². The maximum Gasteiger partial charge on any atom is 0.357 e. The van der Waals surface area contributed by atoms with Gasteiger partial charge >= 0.3 is 12.0 Å². The molecule has 1 rings (SSSR count). The van der Waals surface area contributed by atoms with Crippen molar-refractivity contribution in [2.24, 2.45) is 0 Å². The third-order valence-corrected chi connectivity index (χ3v) is 1.87. The highest BCUT2D eigenvalue weighted by molar-refractivity contribution is 5.96. The summed E-state index contributed by atoms with van der Waals surface area (Å²) in [4.78, 5) is 37.5. The van der Waals surface area contributed by atoms with Crippen molar-refractivity contribution < 1.29 is 19.1 Å². The number of imide groups is 1. The quantitative estimate of drug-likeness (QED) is 0.586. The summed E-state index contributed by atoms with van der Waals surface area (Å²) < 4.78 is 4.68. The Labute approximate surface area is 109 Å². The van der Waals surface area contributed by atoms with Crippen molar-refractivity contribution in [3.63, 3.8) is 0 Å². The lowest BCUT2D eigenvalue weighted by Crippen LogP contribution is -2.41. The molecule has 0 radical (unpaired) electrons. The van der Waals surface area contributed by atoms with Gasteiger partial charge in [0.1, 0.15) is 5.69 Å². The van der Waals surface area contributed by atoms with E-state index in [1.54, 1.807) is 12.1 Å². The van der Waals surface area contributed by atoms with Crippen molar-refractivity contribution in [3.8, 4) is 0 Å². The van der Waals surface area contributed by atoms with Gasteiger partial charge in [0.25, 0.3) is 5.91 Å². The maximum absolute atomic E-state index is 11.4. The normalized spacial score (nSPS) is 9.26. The van der Waals surface area contributed by atoms with Crippen LogP contribution in [0.5, 0.6) is 0 Å². The zero-order valence-corrected chi connectivity index (χ0v) is 10.1. The van der Waals surface area contributed by atoms with Gasteiger partial charge in [-0.25, -0.2) is 14.6 Å². The number of ether oxygens (including phenoxy) is 1. The van der Waals surface area contributed by atoms with E-state index in [0.29, 0.717) is 0 Å². The van der Waals surface area contributed by atoms with Crippen LogP contribution in [0.25, 0.3) is 0 Å². The number of hydrogen-bond donors (Lipinski definition) is 2. The number of rotatable bonds is 5. The number of carbonyl (C=O) groups excluding carboxylic acids is 3. The van der Waals surface area contributed by atoms with Crippen molar-refractivity contribution >= 4 is 17.9 Å². The number of amides is 3. The van der Waals surface area contributed by atoms with Gasteiger partial charge in [-0.05, 0) is 12.1 Å². The molecular weight excluding hydrogens is 250 g/mol. The van der Waals surface area contributed by atoms with Gasteiger partial charge in [-0.2, -0.15) is 0 Å². The van der Waals surface area contributed by atoms with Crippen molar-refractivity contribution in [2.45, 2.75) is 0 Å². The molecule has 0 unspecified atom stereocenters. The molecule has 0 fully saturated rings. The minimum absolute atomic E-state index is 0.0893. The zero-order chi connectivity index (χ0) is 14.1. The highest BCUT2D eigenvalue weighted by Gasteiger charge is 2.12. The molecule has 2 N–H and O–H groups in total. The molecule has 0 aliphatic rings. The SMILES string of the molecule is C=CCNC(=O)NC(=O)COC(=O)c1ccccn1. The van der Waals surface area contributed by atoms with Crippen LogP contribution in [0.15, 0.2) is 37.1 Å². The van der Waals surface area contributed by atoms with Crippen LogP contribution in [0.2, 0.25) is 0 Å². The maximum atomic E-state index is 11.4. The lowest BCUT2D eigenvalue weighted by molar-refractivity contribution is -0.123. The number of aromatic nitrogens is 1. The zero-order valence-electron chi connectivity index (χ0n) is 10.1. The fourth-order valence-electron chi connectivity index (χ4n) is 1.06. The summed E-state index contributed by atoms with van der Waals surface area (Å²) in [6, 6.07) is 4.04. The molecule has 0 aliphatic carbocycles. The molecule has 100 valence electrons. The Bertz CT molecular complexity index is 473. The van der Waals surface area contributed by atoms with Gasteiger partial charge in [0, 0.05) is 12.7 Å². The molecule has 1 heterocycles. The summed E-state index contributed by atoms with van der Waals surface area (Å²) in [6.07, 6.45) is 2.89. The molecule has 0 aliphatic heterocycles. The van der Waals surface area contributed by atoms with E-state index in [-0.39, 0.29) is 12.2 Å². The van der Waals surface area contributed by atoms with Gasteiger partial charge < -0.3 is 10.1 Å². The minimum atomic E-state index is -0.734. The summed E-state index contributed by atoms with van der Waals surface area (Å²) in [5.74, 6) is -1.46. The monoisotopic (exact) mass is 263 g/mol. The fraction of sp³-hybridized carbons (Fsp3) is 0.167. The number of urea groups is 1. The Balaban J connectivity index is 2.32. The Morgan fingerprint density at radius 3 is 2.79 bits per heavy atom. The van der Waals surface area contributed by atoms with Crippen LogP contribution < -0.4 is 10.6 Å². The first-order valence-electron chi connectivity index (χ1n) is 5.40. The van der Waals surface area contributed by atoms with E-state index in [4.69, 9.17) is 0 Å². The van der Waals surface area contributed by atoms with Gasteiger partial charge in [-0.1, -0.05) is 12.1 Å². The molecule has 1 aromatic rings. The van der Waals surface area contributed by atoms with E-state index in [9.17, 15) is 14.4 Å². The van der Waals surface area contributed by atoms with Crippen LogP contribution in [0.1, 0.15) is 10.5 Å². The third-order valence-electron chi connectivity index (χ3n) is 1.87. The van der Waals surface area contributed by atoms with Crippen LogP contribution >= 0.6 is 0 Å². The molecule has 0 saturated carbocycles. The van der Waals surface area contributed by atoms with Crippen molar-refractivity contribution in [2.75, 3.05) is 13.2 Å². The van der Waals surface area contributed by atoms with Crippen molar-refractivity contribution in [1.29, 1.82) is 0 Å². The molecule has 1 aromatic heterocycles. The smallest absolute Gasteiger partial charge is 0.357 e. The molecule has 0 bridgehead atoms. The standard InChI is InChI=1S/C12H13N3O4/c1-2-6-14-12(18)15-10(16)8-19-11(17)9-5-3-4-7-13-9/h2-5,7H,1,6,8H2,(H2,14,15,16,18). The highest BCUT2D eigenvalue weighted by Crippen LogP contribution is 1.96. The Morgan fingerprint density at radius 1 is 1.37 bits per heavy atom. The molecule has 19 heavy (non-hydrogen) atoms. The van der Waals surface area contributed by atoms with Crippen molar-refractivity contribution in [1.82, 2.24) is 15.6 Å². The molecular formula is C12H13N3O4. The van der Waals surface area contributed by atoms with Crippen LogP contribution in [0, 0.1) is 0 Å². The Kier molecular flexibility index (Phi) is 5.74. The van der Waals surface area contributed by atoms with Crippen molar-refractivity contribution in [3.05, 3.63) is 42.7 Å². The third kappa shape index (κ3) is 5.44. The van der Waals surface area contributed by atoms with E-state index in [0.717, 1.165) is 0 Å². The molecule has 0 saturated heterocycles. The minimum Gasteiger partial charge on any atom is -0.451 e. The predicted molar refractivity (Wildman–Crippen MR) is 66.3 cm³/mol. The predicted octanol–water partition coefficient (Wildman–Crippen LogP) is 0.250. The summed E-state index contributed by atoms with van der Waals surface area (Å²) in [7, 11) is 0. The van der Waals surface area contributed by atoms with Gasteiger partial charge in [0.05, 0.1) is 0 Å². The fourth-order valence-corrected chi connectivity index (χ4v) is 1.06. The van der Waals surface area contributed by atoms with Crippen LogP contribution in [-0.2, 0) is 9.53 Å². The van der Waals surface area contributed by atoms with Crippen LogP contribution in [0.4, 0.5) is 4.79 Å². The van der Waals surface area contributed by atoms with Gasteiger partial charge in [0.2, 0.25) is 0 Å². The molecule has 0 atom stereocenters. The summed E-state index contributed by atoms with van der Waals surface area (Å²) in [5.41, 5.74) is 0.0893. The second-order valence-corrected chi connectivity index (χ2v) is 3.34. The van der Waals surface area contributed by atoms with Crippen LogP contribution in [0.3, 0.4) is 0 Å². The average Bonchev–Trinajstić information content (AvgIpc) is 2.43. The first kappa shape index (κ1) is 14.4. The van der Waals surface area contributed by atoms with E-state index in [2.05, 4.69) is 21.6 Å². The lowest BCUT2D eigenvalue weighted by Gasteiger charge is -2.05. The second-order valence-electron chi connectivity index (χ2n) is 3.34. The lowest BCUT2D eigenvalue weighted by atomic mass is 10.3. The first-order valence-corrected chi connectivity index (χ1v) is 5.40. The highest BCUT2D eigenvalue weighted by atomic mass is 16.5. The first-order chi connectivity index (χ1) is 9.13. The number of hydrogen-bond acceptors (Lipinski definition) is 5. The number of nitrogens with one attached hydrogen (secondary N) is 2. The number of esters is 1. The molecule has 7 nitrogen and oxygen atoms in total. The molecule has 7 heteroatoms. The summed E-state index contributed by atoms with van der Waals surface area (Å²) in [6.45, 7) is 3.07. The van der Waals surface area contributed by atoms with E-state index in [1.807, 2.05) is 5.32 Å². The number of carbonyl (C=O) groups is 3. The van der Waals surface area contributed by atoms with E-state index in [1.165, 1.54) is 18.3 Å². The Hall–Kier alpha value is -2.70. The van der Waals surface area contributed by atoms with E-state index >= 15 is 0 Å². The molecule has 0 spiro atoms. The molecule has 0 aromatic carbocycles. The Morgan fingerprint density at radius 2 is 2.16 bits per heavy atom.